The van der Waals surface area contributed by atoms with E-state index in [-0.39, 0.29) is 39.0 Å². The summed E-state index contributed by atoms with van der Waals surface area (Å²) in [5.74, 6) is 0. The van der Waals surface area contributed by atoms with Crippen molar-refractivity contribution in [3.05, 3.63) is 71.1 Å². The van der Waals surface area contributed by atoms with Crippen LogP contribution in [0.4, 0.5) is 0 Å². The van der Waals surface area contributed by atoms with E-state index in [2.05, 4.69) is 31.9 Å². The molecule has 0 bridgehead atoms. The van der Waals surface area contributed by atoms with E-state index >= 15 is 0 Å². The number of hydrogen-bond acceptors (Lipinski definition) is 1. The quantitative estimate of drug-likeness (QED) is 0.204. The molecular formula is C19H31NPRu2. The zero-order chi connectivity index (χ0) is 16.5. The third kappa shape index (κ3) is 45.1. The Labute approximate surface area is 174 Å². The number of nitrogens with zero attached hydrogens (tertiary/aromatic N) is 1. The van der Waals surface area contributed by atoms with Crippen molar-refractivity contribution in [1.29, 1.82) is 0 Å². The molecule has 0 spiro atoms. The number of aliphatic imine (C=N–C) groups is 1. The van der Waals surface area contributed by atoms with Crippen LogP contribution in [0.2, 0.25) is 0 Å². The average Bonchev–Trinajstić information content (AvgIpc) is 3.07. The van der Waals surface area contributed by atoms with Gasteiger partial charge in [0.1, 0.15) is 0 Å². The molecule has 0 aliphatic heterocycles. The maximum absolute atomic E-state index is 4.08. The molecule has 4 heteroatoms. The first-order valence-corrected chi connectivity index (χ1v) is 9.85. The van der Waals surface area contributed by atoms with Crippen LogP contribution in [0.25, 0.3) is 0 Å². The van der Waals surface area contributed by atoms with Crippen LogP contribution in [0.3, 0.4) is 0 Å². The minimum Gasteiger partial charge on any atom is -0.361 e. The Morgan fingerprint density at radius 3 is 1.00 bits per heavy atom. The van der Waals surface area contributed by atoms with Gasteiger partial charge in [-0.1, -0.05) is 6.92 Å². The van der Waals surface area contributed by atoms with Gasteiger partial charge in [-0.05, 0) is 98.1 Å². The van der Waals surface area contributed by atoms with Gasteiger partial charge in [0.05, 0.1) is 0 Å². The molecule has 0 unspecified atom stereocenters. The van der Waals surface area contributed by atoms with Crippen molar-refractivity contribution in [3.8, 4) is 0 Å². The fourth-order valence-corrected chi connectivity index (χ4v) is 1.08. The van der Waals surface area contributed by atoms with Crippen LogP contribution in [0.15, 0.2) is 4.99 Å². The SMILES string of the molecule is CP(C)C.[CH2-]C(C)=NC(C)C.[CH]1[CH][CH][CH][CH]1.[CH]1[CH][CH][CH][CH]1.[Ru+].[Ru]. The molecule has 0 atom stereocenters. The molecule has 0 aromatic heterocycles. The topological polar surface area (TPSA) is 12.4 Å². The minimum absolute atomic E-state index is 0. The predicted octanol–water partition coefficient (Wildman–Crippen LogP) is 5.09. The molecule has 1 nitrogen and oxygen atoms in total. The second kappa shape index (κ2) is 25.5. The second-order valence-electron chi connectivity index (χ2n) is 5.22. The van der Waals surface area contributed by atoms with Gasteiger partial charge < -0.3 is 11.9 Å². The Hall–Kier alpha value is 1.22. The molecule has 0 saturated heterocycles. The van der Waals surface area contributed by atoms with Gasteiger partial charge in [0.25, 0.3) is 0 Å². The van der Waals surface area contributed by atoms with Gasteiger partial charge in [0, 0.05) is 25.5 Å². The van der Waals surface area contributed by atoms with Crippen LogP contribution < -0.4 is 0 Å². The summed E-state index contributed by atoms with van der Waals surface area (Å²) in [6.45, 7) is 16.3. The molecule has 0 aromatic carbocycles. The van der Waals surface area contributed by atoms with E-state index in [1.54, 1.807) is 0 Å². The molecule has 2 aliphatic rings. The van der Waals surface area contributed by atoms with Crippen molar-refractivity contribution in [2.45, 2.75) is 26.8 Å². The van der Waals surface area contributed by atoms with Crippen molar-refractivity contribution in [2.75, 3.05) is 20.0 Å². The number of rotatable bonds is 1. The third-order valence-corrected chi connectivity index (χ3v) is 1.59. The van der Waals surface area contributed by atoms with Crippen molar-refractivity contribution >= 4 is 13.6 Å². The van der Waals surface area contributed by atoms with Crippen LogP contribution in [-0.4, -0.2) is 31.7 Å². The van der Waals surface area contributed by atoms with Gasteiger partial charge in [-0.25, -0.2) is 0 Å². The molecule has 2 aliphatic carbocycles. The molecule has 0 N–H and O–H groups in total. The Kier molecular flexibility index (Phi) is 35.3. The van der Waals surface area contributed by atoms with Gasteiger partial charge in [-0.3, -0.25) is 0 Å². The molecule has 0 heterocycles. The third-order valence-electron chi connectivity index (χ3n) is 1.59. The summed E-state index contributed by atoms with van der Waals surface area (Å²) in [6.07, 6.45) is 20.0. The Balaban J connectivity index is -0.000000103. The summed E-state index contributed by atoms with van der Waals surface area (Å²) < 4.78 is 0. The van der Waals surface area contributed by atoms with Crippen molar-refractivity contribution < 1.29 is 39.0 Å². The van der Waals surface area contributed by atoms with E-state index in [1.807, 2.05) is 85.0 Å². The van der Waals surface area contributed by atoms with Gasteiger partial charge in [-0.15, -0.1) is 13.6 Å². The maximum atomic E-state index is 4.08. The van der Waals surface area contributed by atoms with E-state index in [4.69, 9.17) is 0 Å². The fourth-order valence-electron chi connectivity index (χ4n) is 1.08. The summed E-state index contributed by atoms with van der Waals surface area (Å²) in [5, 5.41) is 0. The van der Waals surface area contributed by atoms with E-state index in [0.29, 0.717) is 14.0 Å². The Bertz CT molecular complexity index is 191. The zero-order valence-corrected chi connectivity index (χ0v) is 19.5. The van der Waals surface area contributed by atoms with E-state index in [0.717, 1.165) is 5.71 Å². The van der Waals surface area contributed by atoms with Crippen LogP contribution in [-0.2, 0) is 39.0 Å². The van der Waals surface area contributed by atoms with Crippen molar-refractivity contribution in [1.82, 2.24) is 0 Å². The summed E-state index contributed by atoms with van der Waals surface area (Å²) in [5.41, 5.74) is 0.912. The second-order valence-corrected chi connectivity index (χ2v) is 7.91. The van der Waals surface area contributed by atoms with E-state index in [1.165, 1.54) is 0 Å². The Morgan fingerprint density at radius 1 is 0.783 bits per heavy atom. The van der Waals surface area contributed by atoms with Gasteiger partial charge in [-0.2, -0.15) is 0 Å². The largest absolute Gasteiger partial charge is 1.00 e. The summed E-state index contributed by atoms with van der Waals surface area (Å²) in [7, 11) is 0.380. The molecule has 0 aromatic rings. The van der Waals surface area contributed by atoms with Crippen molar-refractivity contribution in [2.24, 2.45) is 4.99 Å². The van der Waals surface area contributed by atoms with E-state index < -0.39 is 0 Å². The first-order chi connectivity index (χ1) is 9.86. The zero-order valence-electron chi connectivity index (χ0n) is 15.2. The fraction of sp³-hybridized carbons (Fsp3) is 0.368. The first-order valence-electron chi connectivity index (χ1n) is 7.17. The van der Waals surface area contributed by atoms with Crippen LogP contribution in [0, 0.1) is 71.1 Å². The summed E-state index contributed by atoms with van der Waals surface area (Å²) in [6, 6.07) is 0.400. The Morgan fingerprint density at radius 2 is 0.957 bits per heavy atom. The average molecular weight is 507 g/mol. The molecule has 133 valence electrons. The normalized spacial score (nSPS) is 15.9. The predicted molar refractivity (Wildman–Crippen MR) is 101 cm³/mol. The van der Waals surface area contributed by atoms with Crippen molar-refractivity contribution in [3.63, 3.8) is 0 Å². The van der Waals surface area contributed by atoms with Gasteiger partial charge in [0.15, 0.2) is 0 Å². The summed E-state index contributed by atoms with van der Waals surface area (Å²) >= 11 is 0. The van der Waals surface area contributed by atoms with Crippen LogP contribution >= 0.6 is 7.92 Å². The van der Waals surface area contributed by atoms with E-state index in [9.17, 15) is 0 Å². The monoisotopic (exact) mass is 508 g/mol. The standard InChI is InChI=1S/C6H12N.2C5H5.C3H9P.2Ru/c1-5(2)7-6(3)4;2*1-2-4-5-3-1;1-4(2)3;;/h6H,1H2,2-4H3;2*1-5H;1-3H3;;/q-1;;;;;+1. The van der Waals surface area contributed by atoms with Gasteiger partial charge in [0.2, 0.25) is 0 Å². The smallest absolute Gasteiger partial charge is 0.361 e. The number of hydrogen-bond donors (Lipinski definition) is 0. The maximum Gasteiger partial charge on any atom is 1.00 e. The molecule has 2 fully saturated rings. The molecule has 2 saturated carbocycles. The minimum atomic E-state index is 0. The molecule has 11 radical (unpaired) electrons. The molecular weight excluding hydrogens is 475 g/mol. The summed E-state index contributed by atoms with van der Waals surface area (Å²) in [4.78, 5) is 4.08. The molecule has 23 heavy (non-hydrogen) atoms. The van der Waals surface area contributed by atoms with Crippen LogP contribution in [0.5, 0.6) is 0 Å². The van der Waals surface area contributed by atoms with Crippen LogP contribution in [0.1, 0.15) is 20.8 Å². The first kappa shape index (κ1) is 31.9. The van der Waals surface area contributed by atoms with Gasteiger partial charge >= 0.3 is 19.5 Å². The molecule has 0 amide bonds. The molecule has 2 rings (SSSR count).